The Morgan fingerprint density at radius 3 is 2.32 bits per heavy atom. The molecule has 1 rings (SSSR count). The monoisotopic (exact) mass is 287 g/mol. The average molecular weight is 288 g/mol. The van der Waals surface area contributed by atoms with Crippen molar-refractivity contribution in [2.45, 2.75) is 18.5 Å². The van der Waals surface area contributed by atoms with Gasteiger partial charge in [0.15, 0.2) is 0 Å². The molecule has 2 atom stereocenters. The Bertz CT molecular complexity index is 414. The summed E-state index contributed by atoms with van der Waals surface area (Å²) in [5.74, 6) is -1.31. The van der Waals surface area contributed by atoms with Crippen molar-refractivity contribution in [3.05, 3.63) is 35.9 Å². The van der Waals surface area contributed by atoms with Gasteiger partial charge in [-0.1, -0.05) is 30.3 Å². The number of carbonyl (C=O) groups excluding carboxylic acids is 2. The van der Waals surface area contributed by atoms with Gasteiger partial charge < -0.3 is 21.9 Å². The minimum Gasteiger partial charge on any atom is -0.394 e. The van der Waals surface area contributed by atoms with Crippen molar-refractivity contribution in [1.82, 2.24) is 5.32 Å². The third kappa shape index (κ3) is 5.69. The van der Waals surface area contributed by atoms with Crippen LogP contribution in [0, 0.1) is 0 Å². The molecule has 6 nitrogen and oxygen atoms in total. The predicted octanol–water partition coefficient (Wildman–Crippen LogP) is -1.06. The molecule has 0 aliphatic heterocycles. The molecular formula is C12H18ClN3O3. The first-order valence-electron chi connectivity index (χ1n) is 5.54. The molecule has 106 valence electrons. The molecule has 0 bridgehead atoms. The minimum absolute atomic E-state index is 0. The zero-order valence-corrected chi connectivity index (χ0v) is 11.1. The highest BCUT2D eigenvalue weighted by Gasteiger charge is 2.21. The molecule has 0 aliphatic carbocycles. The van der Waals surface area contributed by atoms with Crippen molar-refractivity contribution >= 4 is 24.2 Å². The van der Waals surface area contributed by atoms with Crippen LogP contribution >= 0.6 is 12.4 Å². The number of aliphatic hydroxyl groups is 1. The summed E-state index contributed by atoms with van der Waals surface area (Å²) in [6.45, 7) is -0.543. The van der Waals surface area contributed by atoms with Gasteiger partial charge in [-0.2, -0.15) is 0 Å². The van der Waals surface area contributed by atoms with E-state index in [2.05, 4.69) is 5.32 Å². The van der Waals surface area contributed by atoms with Crippen LogP contribution in [0.25, 0.3) is 0 Å². The fraction of sp³-hybridized carbons (Fsp3) is 0.333. The van der Waals surface area contributed by atoms with E-state index in [0.717, 1.165) is 5.56 Å². The van der Waals surface area contributed by atoms with Gasteiger partial charge in [0.1, 0.15) is 6.04 Å². The molecule has 1 aromatic carbocycles. The lowest BCUT2D eigenvalue weighted by molar-refractivity contribution is -0.128. The molecule has 1 aromatic rings. The van der Waals surface area contributed by atoms with E-state index >= 15 is 0 Å². The lowest BCUT2D eigenvalue weighted by atomic mass is 10.1. The first-order chi connectivity index (χ1) is 8.54. The first kappa shape index (κ1) is 17.4. The molecular weight excluding hydrogens is 270 g/mol. The maximum atomic E-state index is 11.7. The fourth-order valence-corrected chi connectivity index (χ4v) is 1.45. The Balaban J connectivity index is 0.00000324. The van der Waals surface area contributed by atoms with E-state index in [-0.39, 0.29) is 12.4 Å². The number of amides is 2. The summed E-state index contributed by atoms with van der Waals surface area (Å²) in [6.07, 6.45) is 0.351. The van der Waals surface area contributed by atoms with Gasteiger partial charge in [-0.25, -0.2) is 0 Å². The second-order valence-corrected chi connectivity index (χ2v) is 3.94. The van der Waals surface area contributed by atoms with Gasteiger partial charge in [0, 0.05) is 0 Å². The summed E-state index contributed by atoms with van der Waals surface area (Å²) in [4.78, 5) is 22.5. The largest absolute Gasteiger partial charge is 0.394 e. The van der Waals surface area contributed by atoms with Crippen molar-refractivity contribution in [2.75, 3.05) is 6.61 Å². The smallest absolute Gasteiger partial charge is 0.242 e. The van der Waals surface area contributed by atoms with Crippen LogP contribution in [0.5, 0.6) is 0 Å². The number of rotatable bonds is 6. The molecule has 7 heteroatoms. The number of aliphatic hydroxyl groups excluding tert-OH is 1. The van der Waals surface area contributed by atoms with E-state index in [1.165, 1.54) is 0 Å². The zero-order valence-electron chi connectivity index (χ0n) is 10.3. The van der Waals surface area contributed by atoms with Crippen LogP contribution in [0.15, 0.2) is 30.3 Å². The van der Waals surface area contributed by atoms with Crippen LogP contribution < -0.4 is 16.8 Å². The van der Waals surface area contributed by atoms with Gasteiger partial charge in [0.2, 0.25) is 11.8 Å². The highest BCUT2D eigenvalue weighted by atomic mass is 35.5. The van der Waals surface area contributed by atoms with E-state index in [1.54, 1.807) is 0 Å². The maximum Gasteiger partial charge on any atom is 0.242 e. The Morgan fingerprint density at radius 1 is 1.26 bits per heavy atom. The van der Waals surface area contributed by atoms with Crippen LogP contribution in [0.4, 0.5) is 0 Å². The molecule has 6 N–H and O–H groups in total. The van der Waals surface area contributed by atoms with E-state index in [1.807, 2.05) is 30.3 Å². The van der Waals surface area contributed by atoms with Gasteiger partial charge in [-0.3, -0.25) is 9.59 Å². The van der Waals surface area contributed by atoms with E-state index in [0.29, 0.717) is 6.42 Å². The molecule has 2 unspecified atom stereocenters. The number of halogens is 1. The minimum atomic E-state index is -1.10. The Morgan fingerprint density at radius 2 is 1.84 bits per heavy atom. The summed E-state index contributed by atoms with van der Waals surface area (Å²) in [5, 5.41) is 11.2. The van der Waals surface area contributed by atoms with Crippen molar-refractivity contribution in [3.8, 4) is 0 Å². The van der Waals surface area contributed by atoms with Gasteiger partial charge in [-0.05, 0) is 12.0 Å². The predicted molar refractivity (Wildman–Crippen MR) is 73.6 cm³/mol. The van der Waals surface area contributed by atoms with Crippen molar-refractivity contribution in [2.24, 2.45) is 11.5 Å². The van der Waals surface area contributed by atoms with Crippen LogP contribution in [-0.4, -0.2) is 35.6 Å². The zero-order chi connectivity index (χ0) is 13.5. The van der Waals surface area contributed by atoms with E-state index in [4.69, 9.17) is 16.6 Å². The van der Waals surface area contributed by atoms with Gasteiger partial charge in [-0.15, -0.1) is 12.4 Å². The topological polar surface area (TPSA) is 118 Å². The van der Waals surface area contributed by atoms with Gasteiger partial charge in [0.25, 0.3) is 0 Å². The standard InChI is InChI=1S/C12H17N3O3.ClH/c13-9(6-8-4-2-1-3-5-8)12(18)15-10(7-16)11(14)17;/h1-5,9-10,16H,6-7,13H2,(H2,14,17)(H,15,18);1H. The maximum absolute atomic E-state index is 11.7. The first-order valence-corrected chi connectivity index (χ1v) is 5.54. The molecule has 0 radical (unpaired) electrons. The van der Waals surface area contributed by atoms with Gasteiger partial charge >= 0.3 is 0 Å². The lowest BCUT2D eigenvalue weighted by Gasteiger charge is -2.16. The highest BCUT2D eigenvalue weighted by molar-refractivity contribution is 5.89. The SMILES string of the molecule is Cl.NC(=O)C(CO)NC(=O)C(N)Cc1ccccc1. The summed E-state index contributed by atoms with van der Waals surface area (Å²) in [6, 6.07) is 7.37. The van der Waals surface area contributed by atoms with Crippen LogP contribution in [0.3, 0.4) is 0 Å². The number of carbonyl (C=O) groups is 2. The van der Waals surface area contributed by atoms with Crippen LogP contribution in [0.1, 0.15) is 5.56 Å². The second kappa shape index (κ2) is 8.47. The molecule has 0 heterocycles. The summed E-state index contributed by atoms with van der Waals surface area (Å²) in [5.41, 5.74) is 11.6. The number of primary amides is 1. The van der Waals surface area contributed by atoms with Crippen molar-refractivity contribution < 1.29 is 14.7 Å². The Kier molecular flexibility index (Phi) is 7.74. The molecule has 0 fully saturated rings. The molecule has 0 aliphatic rings. The number of hydrogen-bond donors (Lipinski definition) is 4. The Labute approximate surface area is 117 Å². The van der Waals surface area contributed by atoms with E-state index < -0.39 is 30.5 Å². The number of nitrogens with one attached hydrogen (secondary N) is 1. The van der Waals surface area contributed by atoms with Gasteiger partial charge in [0.05, 0.1) is 12.6 Å². The molecule has 0 aromatic heterocycles. The quantitative estimate of drug-likeness (QED) is 0.533. The van der Waals surface area contributed by atoms with Crippen molar-refractivity contribution in [1.29, 1.82) is 0 Å². The normalized spacial score (nSPS) is 12.9. The molecule has 0 saturated carbocycles. The van der Waals surface area contributed by atoms with Crippen LogP contribution in [-0.2, 0) is 16.0 Å². The summed E-state index contributed by atoms with van der Waals surface area (Å²) in [7, 11) is 0. The van der Waals surface area contributed by atoms with Crippen molar-refractivity contribution in [3.63, 3.8) is 0 Å². The third-order valence-corrected chi connectivity index (χ3v) is 2.48. The Hall–Kier alpha value is -1.63. The summed E-state index contributed by atoms with van der Waals surface area (Å²) < 4.78 is 0. The molecule has 0 saturated heterocycles. The highest BCUT2D eigenvalue weighted by Crippen LogP contribution is 2.02. The number of hydrogen-bond acceptors (Lipinski definition) is 4. The third-order valence-electron chi connectivity index (χ3n) is 2.48. The number of nitrogens with two attached hydrogens (primary N) is 2. The summed E-state index contributed by atoms with van der Waals surface area (Å²) >= 11 is 0. The fourth-order valence-electron chi connectivity index (χ4n) is 1.45. The molecule has 0 spiro atoms. The molecule has 19 heavy (non-hydrogen) atoms. The molecule has 2 amide bonds. The van der Waals surface area contributed by atoms with Crippen LogP contribution in [0.2, 0.25) is 0 Å². The van der Waals surface area contributed by atoms with E-state index in [9.17, 15) is 9.59 Å². The number of benzene rings is 1. The lowest BCUT2D eigenvalue weighted by Crippen LogP contribution is -2.52. The average Bonchev–Trinajstić information content (AvgIpc) is 2.36. The second-order valence-electron chi connectivity index (χ2n) is 3.94.